The Balaban J connectivity index is 1.72. The van der Waals surface area contributed by atoms with Gasteiger partial charge in [-0.05, 0) is 18.8 Å². The zero-order chi connectivity index (χ0) is 14.1. The van der Waals surface area contributed by atoms with Crippen LogP contribution in [0.4, 0.5) is 0 Å². The summed E-state index contributed by atoms with van der Waals surface area (Å²) in [5.41, 5.74) is 0.817. The third-order valence-corrected chi connectivity index (χ3v) is 5.54. The van der Waals surface area contributed by atoms with Gasteiger partial charge in [0.05, 0.1) is 17.3 Å². The summed E-state index contributed by atoms with van der Waals surface area (Å²) in [6, 6.07) is 0. The van der Waals surface area contributed by atoms with Gasteiger partial charge in [0.2, 0.25) is 0 Å². The number of aromatic nitrogens is 4. The van der Waals surface area contributed by atoms with E-state index in [-0.39, 0.29) is 0 Å². The van der Waals surface area contributed by atoms with Gasteiger partial charge in [-0.3, -0.25) is 4.68 Å². The second-order valence-electron chi connectivity index (χ2n) is 5.64. The van der Waals surface area contributed by atoms with Gasteiger partial charge in [-0.25, -0.2) is 9.97 Å². The van der Waals surface area contributed by atoms with Gasteiger partial charge in [-0.1, -0.05) is 31.4 Å². The van der Waals surface area contributed by atoms with Crippen LogP contribution < -0.4 is 0 Å². The van der Waals surface area contributed by atoms with Crippen molar-refractivity contribution in [2.24, 2.45) is 13.0 Å². The van der Waals surface area contributed by atoms with Crippen LogP contribution in [0.15, 0.2) is 6.20 Å². The minimum atomic E-state index is 0.510. The van der Waals surface area contributed by atoms with Crippen LogP contribution in [0, 0.1) is 5.92 Å². The molecule has 2 atom stereocenters. The number of halogens is 1. The molecule has 4 nitrogen and oxygen atoms in total. The quantitative estimate of drug-likeness (QED) is 0.808. The van der Waals surface area contributed by atoms with E-state index in [1.54, 1.807) is 10.9 Å². The first-order valence-electron chi connectivity index (χ1n) is 7.09. The zero-order valence-corrected chi connectivity index (χ0v) is 13.4. The van der Waals surface area contributed by atoms with Crippen molar-refractivity contribution in [3.05, 3.63) is 17.2 Å². The highest BCUT2D eigenvalue weighted by atomic mass is 35.5. The van der Waals surface area contributed by atoms with Crippen molar-refractivity contribution in [1.29, 1.82) is 0 Å². The maximum absolute atomic E-state index is 6.21. The molecule has 108 valence electrons. The number of nitrogens with zero attached hydrogens (tertiary/aromatic N) is 4. The van der Waals surface area contributed by atoms with Crippen molar-refractivity contribution in [3.63, 3.8) is 0 Å². The zero-order valence-electron chi connectivity index (χ0n) is 11.8. The predicted molar refractivity (Wildman–Crippen MR) is 84.0 cm³/mol. The Bertz CT molecular complexity index is 612. The van der Waals surface area contributed by atoms with E-state index >= 15 is 0 Å². The topological polar surface area (TPSA) is 43.6 Å². The van der Waals surface area contributed by atoms with Crippen molar-refractivity contribution in [3.8, 4) is 0 Å². The lowest BCUT2D eigenvalue weighted by Crippen LogP contribution is -2.15. The maximum Gasteiger partial charge on any atom is 0.162 e. The van der Waals surface area contributed by atoms with E-state index < -0.39 is 0 Å². The number of aryl methyl sites for hydroxylation is 1. The summed E-state index contributed by atoms with van der Waals surface area (Å²) in [6.45, 7) is 2.35. The molecule has 3 rings (SSSR count). The van der Waals surface area contributed by atoms with Crippen molar-refractivity contribution in [2.75, 3.05) is 0 Å². The van der Waals surface area contributed by atoms with E-state index in [0.29, 0.717) is 5.15 Å². The molecule has 1 aliphatic carbocycles. The average molecular weight is 311 g/mol. The standard InChI is InChI=1S/C14H19ClN4S/c1-9-4-3-5-10(6-9)20-8-12-17-13(15)11-7-16-19(2)14(11)18-12/h7,9-10H,3-6,8H2,1-2H3. The Morgan fingerprint density at radius 2 is 2.25 bits per heavy atom. The van der Waals surface area contributed by atoms with Gasteiger partial charge < -0.3 is 0 Å². The van der Waals surface area contributed by atoms with Gasteiger partial charge in [-0.15, -0.1) is 0 Å². The molecular formula is C14H19ClN4S. The van der Waals surface area contributed by atoms with Crippen molar-refractivity contribution >= 4 is 34.4 Å². The molecule has 0 saturated heterocycles. The van der Waals surface area contributed by atoms with Crippen molar-refractivity contribution in [1.82, 2.24) is 19.7 Å². The van der Waals surface area contributed by atoms with Crippen molar-refractivity contribution in [2.45, 2.75) is 43.6 Å². The maximum atomic E-state index is 6.21. The molecule has 0 radical (unpaired) electrons. The summed E-state index contributed by atoms with van der Waals surface area (Å²) >= 11 is 8.17. The largest absolute Gasteiger partial charge is 0.250 e. The molecule has 0 bridgehead atoms. The van der Waals surface area contributed by atoms with Crippen LogP contribution in [0.5, 0.6) is 0 Å². The van der Waals surface area contributed by atoms with Gasteiger partial charge in [0.1, 0.15) is 11.0 Å². The molecule has 2 heterocycles. The fourth-order valence-electron chi connectivity index (χ4n) is 2.82. The highest BCUT2D eigenvalue weighted by Gasteiger charge is 2.20. The highest BCUT2D eigenvalue weighted by molar-refractivity contribution is 7.99. The number of thioether (sulfide) groups is 1. The van der Waals surface area contributed by atoms with Crippen molar-refractivity contribution < 1.29 is 0 Å². The summed E-state index contributed by atoms with van der Waals surface area (Å²) in [7, 11) is 1.88. The lowest BCUT2D eigenvalue weighted by atomic mass is 9.91. The minimum absolute atomic E-state index is 0.510. The Labute approximate surface area is 128 Å². The Hall–Kier alpha value is -0.810. The third-order valence-electron chi connectivity index (χ3n) is 3.93. The summed E-state index contributed by atoms with van der Waals surface area (Å²) in [5, 5.41) is 6.26. The second kappa shape index (κ2) is 5.90. The number of fused-ring (bicyclic) bond motifs is 1. The lowest BCUT2D eigenvalue weighted by Gasteiger charge is -2.25. The molecule has 2 aromatic heterocycles. The molecule has 0 aliphatic heterocycles. The lowest BCUT2D eigenvalue weighted by molar-refractivity contribution is 0.394. The molecule has 0 aromatic carbocycles. The second-order valence-corrected chi connectivity index (χ2v) is 7.29. The predicted octanol–water partition coefficient (Wildman–Crippen LogP) is 3.83. The van der Waals surface area contributed by atoms with E-state index in [1.807, 2.05) is 18.8 Å². The Morgan fingerprint density at radius 3 is 3.05 bits per heavy atom. The summed E-state index contributed by atoms with van der Waals surface area (Å²) in [4.78, 5) is 8.98. The van der Waals surface area contributed by atoms with Gasteiger partial charge in [0.15, 0.2) is 5.65 Å². The average Bonchev–Trinajstić information content (AvgIpc) is 2.79. The molecule has 1 saturated carbocycles. The molecule has 0 amide bonds. The van der Waals surface area contributed by atoms with Crippen LogP contribution in [0.3, 0.4) is 0 Å². The van der Waals surface area contributed by atoms with Gasteiger partial charge in [0.25, 0.3) is 0 Å². The molecule has 0 spiro atoms. The molecule has 0 N–H and O–H groups in total. The molecule has 1 fully saturated rings. The van der Waals surface area contributed by atoms with Crippen LogP contribution in [-0.2, 0) is 12.8 Å². The van der Waals surface area contributed by atoms with Crippen LogP contribution in [0.25, 0.3) is 11.0 Å². The summed E-state index contributed by atoms with van der Waals surface area (Å²) in [6.07, 6.45) is 7.07. The van der Waals surface area contributed by atoms with E-state index in [4.69, 9.17) is 11.6 Å². The van der Waals surface area contributed by atoms with Crippen LogP contribution in [0.1, 0.15) is 38.4 Å². The number of rotatable bonds is 3. The first-order chi connectivity index (χ1) is 9.63. The van der Waals surface area contributed by atoms with E-state index in [1.165, 1.54) is 25.7 Å². The Kier molecular flexibility index (Phi) is 4.17. The number of hydrogen-bond donors (Lipinski definition) is 0. The van der Waals surface area contributed by atoms with Crippen LogP contribution >= 0.6 is 23.4 Å². The Morgan fingerprint density at radius 1 is 1.40 bits per heavy atom. The smallest absolute Gasteiger partial charge is 0.162 e. The third kappa shape index (κ3) is 2.93. The van der Waals surface area contributed by atoms with E-state index in [0.717, 1.165) is 33.8 Å². The fourth-order valence-corrected chi connectivity index (χ4v) is 4.36. The molecule has 6 heteroatoms. The van der Waals surface area contributed by atoms with Gasteiger partial charge in [0, 0.05) is 12.3 Å². The van der Waals surface area contributed by atoms with E-state index in [2.05, 4.69) is 22.0 Å². The molecular weight excluding hydrogens is 292 g/mol. The summed E-state index contributed by atoms with van der Waals surface area (Å²) < 4.78 is 1.75. The first kappa shape index (κ1) is 14.1. The fraction of sp³-hybridized carbons (Fsp3) is 0.643. The molecule has 2 aromatic rings. The van der Waals surface area contributed by atoms with E-state index in [9.17, 15) is 0 Å². The SMILES string of the molecule is CC1CCCC(SCc2nc(Cl)c3cnn(C)c3n2)C1. The molecule has 2 unspecified atom stereocenters. The van der Waals surface area contributed by atoms with Crippen LogP contribution in [-0.4, -0.2) is 25.0 Å². The minimum Gasteiger partial charge on any atom is -0.250 e. The normalized spacial score (nSPS) is 23.4. The van der Waals surface area contributed by atoms with Gasteiger partial charge in [-0.2, -0.15) is 16.9 Å². The number of hydrogen-bond acceptors (Lipinski definition) is 4. The van der Waals surface area contributed by atoms with Gasteiger partial charge >= 0.3 is 0 Å². The molecule has 1 aliphatic rings. The summed E-state index contributed by atoms with van der Waals surface area (Å²) in [5.74, 6) is 2.50. The first-order valence-corrected chi connectivity index (χ1v) is 8.52. The molecule has 20 heavy (non-hydrogen) atoms. The van der Waals surface area contributed by atoms with Crippen LogP contribution in [0.2, 0.25) is 5.15 Å². The highest BCUT2D eigenvalue weighted by Crippen LogP contribution is 2.33. The monoisotopic (exact) mass is 310 g/mol.